The standard InChI is InChI=1S/C23H24Cl4N4O2S/c24-15-5-4-14(17(26)12-15)6-9-28-21(32)19-13-34-23(30-19)7-10-31(11-8-23)22(33)29-18-3-1-2-16(25)20(18)27/h1-5,12,19,30H,6-11,13H2,(H,28,32)(H,29,33). The predicted octanol–water partition coefficient (Wildman–Crippen LogP) is 5.69. The number of likely N-dealkylation sites (tertiary alicyclic amines) is 1. The molecule has 1 spiro atoms. The molecule has 3 N–H and O–H groups in total. The van der Waals surface area contributed by atoms with Gasteiger partial charge in [0.15, 0.2) is 0 Å². The van der Waals surface area contributed by atoms with Gasteiger partial charge in [-0.05, 0) is 49.1 Å². The number of benzene rings is 2. The van der Waals surface area contributed by atoms with Crippen LogP contribution in [-0.4, -0.2) is 53.1 Å². The van der Waals surface area contributed by atoms with E-state index < -0.39 is 0 Å². The summed E-state index contributed by atoms with van der Waals surface area (Å²) in [6.45, 7) is 1.65. The molecule has 0 aliphatic carbocycles. The fourth-order valence-corrected chi connectivity index (χ4v) is 6.38. The van der Waals surface area contributed by atoms with Crippen molar-refractivity contribution < 1.29 is 9.59 Å². The molecule has 0 saturated carbocycles. The molecule has 1 atom stereocenters. The van der Waals surface area contributed by atoms with Gasteiger partial charge in [-0.15, -0.1) is 11.8 Å². The van der Waals surface area contributed by atoms with E-state index in [-0.39, 0.29) is 22.9 Å². The first-order chi connectivity index (χ1) is 16.3. The number of thioether (sulfide) groups is 1. The van der Waals surface area contributed by atoms with E-state index in [1.165, 1.54) is 0 Å². The van der Waals surface area contributed by atoms with Crippen molar-refractivity contribution in [1.82, 2.24) is 15.5 Å². The van der Waals surface area contributed by atoms with Crippen molar-refractivity contribution in [2.75, 3.05) is 30.7 Å². The van der Waals surface area contributed by atoms with Crippen LogP contribution in [0.1, 0.15) is 18.4 Å². The number of halogens is 4. The summed E-state index contributed by atoms with van der Waals surface area (Å²) in [7, 11) is 0. The summed E-state index contributed by atoms with van der Waals surface area (Å²) >= 11 is 26.1. The predicted molar refractivity (Wildman–Crippen MR) is 142 cm³/mol. The number of nitrogens with zero attached hydrogens (tertiary/aromatic N) is 1. The Labute approximate surface area is 223 Å². The second-order valence-corrected chi connectivity index (χ2v) is 11.3. The SMILES string of the molecule is O=C(NCCc1ccc(Cl)cc1Cl)C1CSC2(CCN(C(=O)Nc3cccc(Cl)c3Cl)CC2)N1. The van der Waals surface area contributed by atoms with E-state index in [1.54, 1.807) is 47.0 Å². The molecule has 34 heavy (non-hydrogen) atoms. The Hall–Kier alpha value is -1.35. The van der Waals surface area contributed by atoms with Crippen LogP contribution in [-0.2, 0) is 11.2 Å². The highest BCUT2D eigenvalue weighted by atomic mass is 35.5. The third-order valence-electron chi connectivity index (χ3n) is 6.04. The van der Waals surface area contributed by atoms with Gasteiger partial charge in [0.25, 0.3) is 0 Å². The summed E-state index contributed by atoms with van der Waals surface area (Å²) < 4.78 is 0. The maximum Gasteiger partial charge on any atom is 0.321 e. The quantitative estimate of drug-likeness (QED) is 0.438. The number of carbonyl (C=O) groups excluding carboxylic acids is 2. The van der Waals surface area contributed by atoms with Crippen LogP contribution in [0.25, 0.3) is 0 Å². The summed E-state index contributed by atoms with van der Waals surface area (Å²) in [5.41, 5.74) is 1.44. The van der Waals surface area contributed by atoms with Gasteiger partial charge in [-0.25, -0.2) is 4.79 Å². The van der Waals surface area contributed by atoms with Crippen molar-refractivity contribution in [2.45, 2.75) is 30.2 Å². The molecule has 1 unspecified atom stereocenters. The molecule has 182 valence electrons. The van der Waals surface area contributed by atoms with E-state index in [0.29, 0.717) is 57.6 Å². The minimum Gasteiger partial charge on any atom is -0.354 e. The first kappa shape index (κ1) is 25.7. The van der Waals surface area contributed by atoms with Crippen LogP contribution < -0.4 is 16.0 Å². The van der Waals surface area contributed by atoms with Crippen molar-refractivity contribution in [3.05, 3.63) is 62.1 Å². The van der Waals surface area contributed by atoms with E-state index in [9.17, 15) is 9.59 Å². The molecule has 0 bridgehead atoms. The highest BCUT2D eigenvalue weighted by Gasteiger charge is 2.44. The molecule has 6 nitrogen and oxygen atoms in total. The average Bonchev–Trinajstić information content (AvgIpc) is 3.22. The van der Waals surface area contributed by atoms with Crippen LogP contribution in [0.5, 0.6) is 0 Å². The lowest BCUT2D eigenvalue weighted by Crippen LogP contribution is -2.55. The Morgan fingerprint density at radius 2 is 1.85 bits per heavy atom. The van der Waals surface area contributed by atoms with Crippen LogP contribution in [0.3, 0.4) is 0 Å². The molecule has 2 aliphatic rings. The number of piperidine rings is 1. The van der Waals surface area contributed by atoms with Crippen molar-refractivity contribution in [3.8, 4) is 0 Å². The van der Waals surface area contributed by atoms with Crippen LogP contribution in [0, 0.1) is 0 Å². The van der Waals surface area contributed by atoms with Crippen LogP contribution in [0.2, 0.25) is 20.1 Å². The van der Waals surface area contributed by atoms with Crippen LogP contribution in [0.4, 0.5) is 10.5 Å². The van der Waals surface area contributed by atoms with Gasteiger partial charge in [0.1, 0.15) is 0 Å². The Bertz CT molecular complexity index is 1080. The second kappa shape index (κ2) is 11.1. The molecular weight excluding hydrogens is 538 g/mol. The fraction of sp³-hybridized carbons (Fsp3) is 0.391. The van der Waals surface area contributed by atoms with Crippen LogP contribution >= 0.6 is 58.2 Å². The summed E-state index contributed by atoms with van der Waals surface area (Å²) in [4.78, 5) is 26.9. The monoisotopic (exact) mass is 560 g/mol. The van der Waals surface area contributed by atoms with Gasteiger partial charge in [-0.2, -0.15) is 0 Å². The Balaban J connectivity index is 1.23. The van der Waals surface area contributed by atoms with Gasteiger partial charge in [0.05, 0.1) is 26.6 Å². The maximum atomic E-state index is 12.7. The average molecular weight is 562 g/mol. The number of hydrogen-bond acceptors (Lipinski definition) is 4. The second-order valence-electron chi connectivity index (χ2n) is 8.30. The Kier molecular flexibility index (Phi) is 8.44. The molecule has 0 radical (unpaired) electrons. The number of anilines is 1. The highest BCUT2D eigenvalue weighted by molar-refractivity contribution is 8.01. The van der Waals surface area contributed by atoms with Gasteiger partial charge >= 0.3 is 6.03 Å². The van der Waals surface area contributed by atoms with E-state index in [0.717, 1.165) is 18.4 Å². The zero-order chi connectivity index (χ0) is 24.3. The molecule has 2 saturated heterocycles. The Morgan fingerprint density at radius 1 is 1.09 bits per heavy atom. The maximum absolute atomic E-state index is 12.7. The fourth-order valence-electron chi connectivity index (χ4n) is 4.11. The van der Waals surface area contributed by atoms with Gasteiger partial charge in [-0.1, -0.05) is 58.5 Å². The van der Waals surface area contributed by atoms with Gasteiger partial charge in [-0.3, -0.25) is 10.1 Å². The number of amides is 3. The van der Waals surface area contributed by atoms with E-state index in [1.807, 2.05) is 6.07 Å². The summed E-state index contributed by atoms with van der Waals surface area (Å²) in [5, 5.41) is 11.2. The minimum absolute atomic E-state index is 0.0229. The zero-order valence-corrected chi connectivity index (χ0v) is 22.0. The van der Waals surface area contributed by atoms with Crippen LogP contribution in [0.15, 0.2) is 36.4 Å². The summed E-state index contributed by atoms with van der Waals surface area (Å²) in [5.74, 6) is 0.669. The smallest absolute Gasteiger partial charge is 0.321 e. The molecule has 2 aromatic carbocycles. The lowest BCUT2D eigenvalue weighted by atomic mass is 10.0. The minimum atomic E-state index is -0.267. The molecule has 2 heterocycles. The molecule has 0 aromatic heterocycles. The first-order valence-corrected chi connectivity index (χ1v) is 13.4. The molecule has 3 amide bonds. The molecule has 2 fully saturated rings. The number of carbonyl (C=O) groups is 2. The number of hydrogen-bond donors (Lipinski definition) is 3. The topological polar surface area (TPSA) is 73.5 Å². The lowest BCUT2D eigenvalue weighted by Gasteiger charge is -2.39. The molecule has 11 heteroatoms. The summed E-state index contributed by atoms with van der Waals surface area (Å²) in [6.07, 6.45) is 2.13. The number of nitrogens with one attached hydrogen (secondary N) is 3. The number of rotatable bonds is 5. The van der Waals surface area contributed by atoms with E-state index in [2.05, 4.69) is 16.0 Å². The van der Waals surface area contributed by atoms with Crippen molar-refractivity contribution in [1.29, 1.82) is 0 Å². The largest absolute Gasteiger partial charge is 0.354 e. The first-order valence-electron chi connectivity index (χ1n) is 10.9. The van der Waals surface area contributed by atoms with Gasteiger partial charge < -0.3 is 15.5 Å². The zero-order valence-electron chi connectivity index (χ0n) is 18.2. The molecule has 2 aromatic rings. The van der Waals surface area contributed by atoms with Crippen molar-refractivity contribution in [2.24, 2.45) is 0 Å². The number of urea groups is 1. The third kappa shape index (κ3) is 6.07. The van der Waals surface area contributed by atoms with Gasteiger partial charge in [0, 0.05) is 35.4 Å². The van der Waals surface area contributed by atoms with Crippen molar-refractivity contribution in [3.63, 3.8) is 0 Å². The third-order valence-corrected chi connectivity index (χ3v) is 9.02. The van der Waals surface area contributed by atoms with Crippen molar-refractivity contribution >= 4 is 75.8 Å². The lowest BCUT2D eigenvalue weighted by molar-refractivity contribution is -0.122. The van der Waals surface area contributed by atoms with E-state index >= 15 is 0 Å². The van der Waals surface area contributed by atoms with Gasteiger partial charge in [0.2, 0.25) is 5.91 Å². The molecular formula is C23H24Cl4N4O2S. The van der Waals surface area contributed by atoms with E-state index in [4.69, 9.17) is 46.4 Å². The molecule has 2 aliphatic heterocycles. The molecule has 4 rings (SSSR count). The Morgan fingerprint density at radius 3 is 2.59 bits per heavy atom. The normalized spacial score (nSPS) is 19.3. The highest BCUT2D eigenvalue weighted by Crippen LogP contribution is 2.39. The summed E-state index contributed by atoms with van der Waals surface area (Å²) in [6, 6.07) is 10.0.